The van der Waals surface area contributed by atoms with E-state index in [0.29, 0.717) is 11.9 Å². The van der Waals surface area contributed by atoms with E-state index in [1.807, 2.05) is 4.90 Å². The van der Waals surface area contributed by atoms with Crippen LogP contribution in [0.5, 0.6) is 0 Å². The quantitative estimate of drug-likeness (QED) is 0.785. The molecule has 0 radical (unpaired) electrons. The van der Waals surface area contributed by atoms with Crippen molar-refractivity contribution in [3.05, 3.63) is 0 Å². The van der Waals surface area contributed by atoms with Gasteiger partial charge in [-0.2, -0.15) is 0 Å². The molecule has 1 N–H and O–H groups in total. The van der Waals surface area contributed by atoms with Crippen molar-refractivity contribution in [2.24, 2.45) is 11.8 Å². The molecule has 4 heteroatoms. The van der Waals surface area contributed by atoms with Crippen molar-refractivity contribution < 1.29 is 9.59 Å². The molecule has 0 spiro atoms. The second-order valence-corrected chi connectivity index (χ2v) is 6.66. The molecule has 0 heterocycles. The fourth-order valence-corrected chi connectivity index (χ4v) is 3.28. The Balaban J connectivity index is 1.78. The monoisotopic (exact) mass is 294 g/mol. The number of hydrogen-bond donors (Lipinski definition) is 1. The summed E-state index contributed by atoms with van der Waals surface area (Å²) in [6.45, 7) is 5.98. The van der Waals surface area contributed by atoms with Gasteiger partial charge < -0.3 is 10.2 Å². The highest BCUT2D eigenvalue weighted by molar-refractivity contribution is 5.81. The highest BCUT2D eigenvalue weighted by atomic mass is 16.2. The molecule has 0 aromatic rings. The topological polar surface area (TPSA) is 49.4 Å². The summed E-state index contributed by atoms with van der Waals surface area (Å²) in [6.07, 6.45) is 7.83. The van der Waals surface area contributed by atoms with Gasteiger partial charge in [0.2, 0.25) is 11.8 Å². The highest BCUT2D eigenvalue weighted by Crippen LogP contribution is 2.31. The minimum absolute atomic E-state index is 0.139. The van der Waals surface area contributed by atoms with Gasteiger partial charge in [-0.15, -0.1) is 0 Å². The lowest BCUT2D eigenvalue weighted by Crippen LogP contribution is -2.40. The van der Waals surface area contributed by atoms with E-state index < -0.39 is 0 Å². The van der Waals surface area contributed by atoms with Crippen molar-refractivity contribution >= 4 is 11.8 Å². The number of amides is 2. The first-order valence-corrected chi connectivity index (χ1v) is 8.74. The van der Waals surface area contributed by atoms with Gasteiger partial charge in [-0.25, -0.2) is 0 Å². The van der Waals surface area contributed by atoms with Gasteiger partial charge in [-0.1, -0.05) is 13.8 Å². The maximum absolute atomic E-state index is 12.6. The zero-order chi connectivity index (χ0) is 15.2. The van der Waals surface area contributed by atoms with Crippen LogP contribution in [-0.2, 0) is 9.59 Å². The molecule has 0 bridgehead atoms. The smallest absolute Gasteiger partial charge is 0.225 e. The molecule has 0 aromatic heterocycles. The van der Waals surface area contributed by atoms with E-state index in [4.69, 9.17) is 0 Å². The van der Waals surface area contributed by atoms with Crippen molar-refractivity contribution in [2.45, 2.75) is 71.3 Å². The molecule has 2 aliphatic rings. The van der Waals surface area contributed by atoms with Gasteiger partial charge in [0.25, 0.3) is 0 Å². The Kier molecular flexibility index (Phi) is 6.07. The van der Waals surface area contributed by atoms with Crippen LogP contribution < -0.4 is 5.32 Å². The Morgan fingerprint density at radius 2 is 1.43 bits per heavy atom. The minimum Gasteiger partial charge on any atom is -0.353 e. The van der Waals surface area contributed by atoms with Crippen LogP contribution in [0.1, 0.15) is 65.2 Å². The van der Waals surface area contributed by atoms with Crippen LogP contribution >= 0.6 is 0 Å². The second-order valence-electron chi connectivity index (χ2n) is 6.66. The van der Waals surface area contributed by atoms with E-state index in [-0.39, 0.29) is 17.7 Å². The van der Waals surface area contributed by atoms with E-state index in [1.165, 1.54) is 0 Å². The number of nitrogens with one attached hydrogen (secondary N) is 1. The first kappa shape index (κ1) is 16.3. The lowest BCUT2D eigenvalue weighted by atomic mass is 9.81. The standard InChI is InChI=1S/C17H30N2O2/c1-3-11-19(12-4-2)17(21)14-7-5-13(6-8-14)16(20)18-15-9-10-15/h13-15H,3-12H2,1-2H3,(H,18,20). The van der Waals surface area contributed by atoms with Crippen LogP contribution in [0.25, 0.3) is 0 Å². The summed E-state index contributed by atoms with van der Waals surface area (Å²) in [6, 6.07) is 0.446. The van der Waals surface area contributed by atoms with Gasteiger partial charge in [-0.3, -0.25) is 9.59 Å². The molecular formula is C17H30N2O2. The zero-order valence-corrected chi connectivity index (χ0v) is 13.6. The van der Waals surface area contributed by atoms with Crippen LogP contribution in [-0.4, -0.2) is 35.8 Å². The summed E-state index contributed by atoms with van der Waals surface area (Å²) in [5.41, 5.74) is 0. The van der Waals surface area contributed by atoms with Gasteiger partial charge in [0, 0.05) is 31.0 Å². The number of carbonyl (C=O) groups excluding carboxylic acids is 2. The van der Waals surface area contributed by atoms with Crippen molar-refractivity contribution in [2.75, 3.05) is 13.1 Å². The number of nitrogens with zero attached hydrogens (tertiary/aromatic N) is 1. The third-order valence-electron chi connectivity index (χ3n) is 4.67. The molecule has 4 nitrogen and oxygen atoms in total. The lowest BCUT2D eigenvalue weighted by molar-refractivity contribution is -0.138. The van der Waals surface area contributed by atoms with Crippen molar-refractivity contribution in [3.8, 4) is 0 Å². The van der Waals surface area contributed by atoms with Crippen LogP contribution in [0.3, 0.4) is 0 Å². The number of carbonyl (C=O) groups is 2. The summed E-state index contributed by atoms with van der Waals surface area (Å²) in [4.78, 5) is 26.6. The van der Waals surface area contributed by atoms with E-state index in [1.54, 1.807) is 0 Å². The Labute approximate surface area is 128 Å². The Bertz CT molecular complexity index is 352. The molecule has 2 aliphatic carbocycles. The Hall–Kier alpha value is -1.06. The fraction of sp³-hybridized carbons (Fsp3) is 0.882. The average molecular weight is 294 g/mol. The minimum atomic E-state index is 0.139. The van der Waals surface area contributed by atoms with Crippen molar-refractivity contribution in [3.63, 3.8) is 0 Å². The first-order chi connectivity index (χ1) is 10.2. The molecule has 2 fully saturated rings. The number of rotatable bonds is 7. The number of hydrogen-bond acceptors (Lipinski definition) is 2. The van der Waals surface area contributed by atoms with E-state index in [0.717, 1.165) is 64.5 Å². The molecule has 0 aliphatic heterocycles. The van der Waals surface area contributed by atoms with Gasteiger partial charge in [0.1, 0.15) is 0 Å². The summed E-state index contributed by atoms with van der Waals surface area (Å²) in [5.74, 6) is 0.829. The molecule has 2 amide bonds. The van der Waals surface area contributed by atoms with Crippen LogP contribution in [0.2, 0.25) is 0 Å². The molecule has 2 rings (SSSR count). The molecule has 0 unspecified atom stereocenters. The normalized spacial score (nSPS) is 25.4. The zero-order valence-electron chi connectivity index (χ0n) is 13.6. The Morgan fingerprint density at radius 1 is 0.905 bits per heavy atom. The molecular weight excluding hydrogens is 264 g/mol. The molecule has 0 aromatic carbocycles. The third-order valence-corrected chi connectivity index (χ3v) is 4.67. The van der Waals surface area contributed by atoms with Gasteiger partial charge in [0.15, 0.2) is 0 Å². The molecule has 120 valence electrons. The fourth-order valence-electron chi connectivity index (χ4n) is 3.28. The van der Waals surface area contributed by atoms with Gasteiger partial charge in [-0.05, 0) is 51.4 Å². The summed E-state index contributed by atoms with van der Waals surface area (Å²) in [7, 11) is 0. The SMILES string of the molecule is CCCN(CCC)C(=O)C1CCC(C(=O)NC2CC2)CC1. The average Bonchev–Trinajstić information content (AvgIpc) is 3.30. The predicted octanol–water partition coefficient (Wildman–Crippen LogP) is 2.72. The predicted molar refractivity (Wildman–Crippen MR) is 83.8 cm³/mol. The molecule has 0 atom stereocenters. The second kappa shape index (κ2) is 7.81. The van der Waals surface area contributed by atoms with E-state index >= 15 is 0 Å². The van der Waals surface area contributed by atoms with E-state index in [2.05, 4.69) is 19.2 Å². The largest absolute Gasteiger partial charge is 0.353 e. The van der Waals surface area contributed by atoms with Crippen LogP contribution in [0.15, 0.2) is 0 Å². The van der Waals surface area contributed by atoms with Crippen molar-refractivity contribution in [1.29, 1.82) is 0 Å². The first-order valence-electron chi connectivity index (χ1n) is 8.74. The van der Waals surface area contributed by atoms with Gasteiger partial charge >= 0.3 is 0 Å². The summed E-state index contributed by atoms with van der Waals surface area (Å²) >= 11 is 0. The summed E-state index contributed by atoms with van der Waals surface area (Å²) < 4.78 is 0. The summed E-state index contributed by atoms with van der Waals surface area (Å²) in [5, 5.41) is 3.10. The molecule has 0 saturated heterocycles. The van der Waals surface area contributed by atoms with Crippen LogP contribution in [0.4, 0.5) is 0 Å². The molecule has 21 heavy (non-hydrogen) atoms. The molecule has 2 saturated carbocycles. The Morgan fingerprint density at radius 3 is 1.90 bits per heavy atom. The maximum atomic E-state index is 12.6. The third kappa shape index (κ3) is 4.72. The van der Waals surface area contributed by atoms with Crippen molar-refractivity contribution in [1.82, 2.24) is 10.2 Å². The highest BCUT2D eigenvalue weighted by Gasteiger charge is 2.33. The van der Waals surface area contributed by atoms with Crippen LogP contribution in [0, 0.1) is 11.8 Å². The van der Waals surface area contributed by atoms with E-state index in [9.17, 15) is 9.59 Å². The lowest BCUT2D eigenvalue weighted by Gasteiger charge is -2.31. The maximum Gasteiger partial charge on any atom is 0.225 e. The van der Waals surface area contributed by atoms with Gasteiger partial charge in [0.05, 0.1) is 0 Å².